The van der Waals surface area contributed by atoms with Crippen LogP contribution in [0.3, 0.4) is 0 Å². The summed E-state index contributed by atoms with van der Waals surface area (Å²) in [6.07, 6.45) is 2.48. The van der Waals surface area contributed by atoms with Crippen molar-refractivity contribution >= 4 is 17.5 Å². The summed E-state index contributed by atoms with van der Waals surface area (Å²) in [6.45, 7) is 5.96. The largest absolute Gasteiger partial charge is 0.495 e. The van der Waals surface area contributed by atoms with Gasteiger partial charge in [0, 0.05) is 5.92 Å². The third-order valence-corrected chi connectivity index (χ3v) is 5.96. The lowest BCUT2D eigenvalue weighted by atomic mass is 9.95. The molecule has 6 heteroatoms. The number of methoxy groups -OCH3 is 1. The summed E-state index contributed by atoms with van der Waals surface area (Å²) in [5.41, 5.74) is 3.09. The van der Waals surface area contributed by atoms with Crippen LogP contribution in [0.5, 0.6) is 5.75 Å². The minimum atomic E-state index is -0.0553. The van der Waals surface area contributed by atoms with Crippen molar-refractivity contribution in [2.45, 2.75) is 39.2 Å². The second-order valence-electron chi connectivity index (χ2n) is 8.12. The summed E-state index contributed by atoms with van der Waals surface area (Å²) < 4.78 is 5.30. The molecule has 1 aliphatic heterocycles. The van der Waals surface area contributed by atoms with Gasteiger partial charge in [-0.25, -0.2) is 0 Å². The van der Waals surface area contributed by atoms with E-state index in [0.29, 0.717) is 18.0 Å². The molecule has 1 saturated heterocycles. The van der Waals surface area contributed by atoms with Crippen molar-refractivity contribution in [3.05, 3.63) is 59.7 Å². The summed E-state index contributed by atoms with van der Waals surface area (Å²) in [4.78, 5) is 27.3. The van der Waals surface area contributed by atoms with E-state index in [4.69, 9.17) is 4.74 Å². The summed E-state index contributed by atoms with van der Waals surface area (Å²) >= 11 is 0. The lowest BCUT2D eigenvalue weighted by molar-refractivity contribution is -0.124. The molecule has 2 amide bonds. The molecular weight excluding hydrogens is 390 g/mol. The topological polar surface area (TPSA) is 70.7 Å². The zero-order valence-electron chi connectivity index (χ0n) is 18.7. The van der Waals surface area contributed by atoms with Crippen LogP contribution in [-0.2, 0) is 16.0 Å². The molecule has 1 unspecified atom stereocenters. The molecule has 166 valence electrons. The fourth-order valence-electron chi connectivity index (χ4n) is 3.95. The Hall–Kier alpha value is -2.86. The van der Waals surface area contributed by atoms with Crippen molar-refractivity contribution in [3.63, 3.8) is 0 Å². The van der Waals surface area contributed by atoms with Gasteiger partial charge in [0.25, 0.3) is 0 Å². The number of piperidine rings is 1. The first-order valence-corrected chi connectivity index (χ1v) is 11.0. The number of hydrogen-bond donors (Lipinski definition) is 2. The number of aryl methyl sites for hydroxylation is 1. The summed E-state index contributed by atoms with van der Waals surface area (Å²) in [6, 6.07) is 15.8. The van der Waals surface area contributed by atoms with Crippen LogP contribution in [-0.4, -0.2) is 43.5 Å². The highest BCUT2D eigenvalue weighted by molar-refractivity contribution is 5.94. The first kappa shape index (κ1) is 22.8. The van der Waals surface area contributed by atoms with Crippen LogP contribution < -0.4 is 15.4 Å². The van der Waals surface area contributed by atoms with Crippen molar-refractivity contribution in [2.24, 2.45) is 5.92 Å². The van der Waals surface area contributed by atoms with Gasteiger partial charge in [0.05, 0.1) is 25.4 Å². The fraction of sp³-hybridized carbons (Fsp3) is 0.440. The zero-order chi connectivity index (χ0) is 22.2. The van der Waals surface area contributed by atoms with Gasteiger partial charge in [0.2, 0.25) is 11.8 Å². The van der Waals surface area contributed by atoms with E-state index in [1.54, 1.807) is 7.11 Å². The van der Waals surface area contributed by atoms with E-state index in [9.17, 15) is 9.59 Å². The molecule has 2 aromatic rings. The van der Waals surface area contributed by atoms with Crippen molar-refractivity contribution in [1.82, 2.24) is 10.2 Å². The van der Waals surface area contributed by atoms with Crippen molar-refractivity contribution in [1.29, 1.82) is 0 Å². The zero-order valence-corrected chi connectivity index (χ0v) is 18.7. The van der Waals surface area contributed by atoms with Gasteiger partial charge in [0.1, 0.15) is 5.75 Å². The monoisotopic (exact) mass is 423 g/mol. The molecule has 3 rings (SSSR count). The van der Waals surface area contributed by atoms with Crippen molar-refractivity contribution in [3.8, 4) is 5.75 Å². The van der Waals surface area contributed by atoms with Crippen LogP contribution in [0.2, 0.25) is 0 Å². The van der Waals surface area contributed by atoms with Crippen molar-refractivity contribution in [2.75, 3.05) is 32.1 Å². The van der Waals surface area contributed by atoms with E-state index >= 15 is 0 Å². The van der Waals surface area contributed by atoms with Gasteiger partial charge in [-0.15, -0.1) is 0 Å². The third kappa shape index (κ3) is 6.31. The molecule has 31 heavy (non-hydrogen) atoms. The summed E-state index contributed by atoms with van der Waals surface area (Å²) in [5, 5.41) is 6.06. The SMILES string of the molecule is CCc1ccc(C(C)NC(=O)CN2CCC(C(=O)Nc3ccccc3OC)CC2)cc1. The molecule has 2 N–H and O–H groups in total. The molecule has 1 heterocycles. The van der Waals surface area contributed by atoms with Gasteiger partial charge in [-0.1, -0.05) is 43.3 Å². The number of para-hydroxylation sites is 2. The number of nitrogens with one attached hydrogen (secondary N) is 2. The van der Waals surface area contributed by atoms with Gasteiger partial charge in [-0.3, -0.25) is 14.5 Å². The second-order valence-corrected chi connectivity index (χ2v) is 8.12. The van der Waals surface area contributed by atoms with Crippen LogP contribution in [0.25, 0.3) is 0 Å². The Bertz CT molecular complexity index is 874. The van der Waals surface area contributed by atoms with Crippen LogP contribution in [0.15, 0.2) is 48.5 Å². The molecule has 0 saturated carbocycles. The molecule has 2 aromatic carbocycles. The van der Waals surface area contributed by atoms with Gasteiger partial charge in [-0.05, 0) is 62.5 Å². The number of ether oxygens (including phenoxy) is 1. The molecule has 0 bridgehead atoms. The quantitative estimate of drug-likeness (QED) is 0.678. The van der Waals surface area contributed by atoms with Gasteiger partial charge in [-0.2, -0.15) is 0 Å². The average molecular weight is 424 g/mol. The fourth-order valence-corrected chi connectivity index (χ4v) is 3.95. The van der Waals surface area contributed by atoms with Crippen LogP contribution in [0.1, 0.15) is 43.9 Å². The number of anilines is 1. The number of benzene rings is 2. The first-order valence-electron chi connectivity index (χ1n) is 11.0. The predicted octanol–water partition coefficient (Wildman–Crippen LogP) is 3.79. The number of carbonyl (C=O) groups is 2. The maximum atomic E-state index is 12.6. The highest BCUT2D eigenvalue weighted by Crippen LogP contribution is 2.25. The molecule has 0 aliphatic carbocycles. The summed E-state index contributed by atoms with van der Waals surface area (Å²) in [7, 11) is 1.59. The molecule has 1 aliphatic rings. The van der Waals surface area contributed by atoms with Crippen LogP contribution >= 0.6 is 0 Å². The third-order valence-electron chi connectivity index (χ3n) is 5.96. The van der Waals surface area contributed by atoms with E-state index in [1.165, 1.54) is 5.56 Å². The van der Waals surface area contributed by atoms with Crippen LogP contribution in [0.4, 0.5) is 5.69 Å². The molecule has 6 nitrogen and oxygen atoms in total. The Morgan fingerprint density at radius 1 is 1.10 bits per heavy atom. The predicted molar refractivity (Wildman–Crippen MR) is 123 cm³/mol. The van der Waals surface area contributed by atoms with E-state index in [0.717, 1.165) is 37.9 Å². The number of nitrogens with zero attached hydrogens (tertiary/aromatic N) is 1. The van der Waals surface area contributed by atoms with E-state index in [-0.39, 0.29) is 23.8 Å². The lowest BCUT2D eigenvalue weighted by Gasteiger charge is -2.31. The molecule has 1 atom stereocenters. The van der Waals surface area contributed by atoms with Gasteiger partial charge in [0.15, 0.2) is 0 Å². The molecular formula is C25H33N3O3. The number of hydrogen-bond acceptors (Lipinski definition) is 4. The minimum Gasteiger partial charge on any atom is -0.495 e. The highest BCUT2D eigenvalue weighted by Gasteiger charge is 2.26. The smallest absolute Gasteiger partial charge is 0.234 e. The minimum absolute atomic E-state index is 0.0118. The Balaban J connectivity index is 1.43. The van der Waals surface area contributed by atoms with Gasteiger partial charge >= 0.3 is 0 Å². The second kappa shape index (κ2) is 11.0. The van der Waals surface area contributed by atoms with E-state index in [1.807, 2.05) is 31.2 Å². The average Bonchev–Trinajstić information content (AvgIpc) is 2.79. The Morgan fingerprint density at radius 2 is 1.77 bits per heavy atom. The molecule has 0 spiro atoms. The van der Waals surface area contributed by atoms with E-state index < -0.39 is 0 Å². The number of carbonyl (C=O) groups excluding carboxylic acids is 2. The Kier molecular flexibility index (Phi) is 8.06. The number of amides is 2. The molecule has 1 fully saturated rings. The first-order chi connectivity index (χ1) is 15.0. The van der Waals surface area contributed by atoms with Gasteiger partial charge < -0.3 is 15.4 Å². The van der Waals surface area contributed by atoms with Crippen LogP contribution in [0, 0.1) is 5.92 Å². The summed E-state index contributed by atoms with van der Waals surface area (Å²) in [5.74, 6) is 0.630. The highest BCUT2D eigenvalue weighted by atomic mass is 16.5. The maximum absolute atomic E-state index is 12.6. The maximum Gasteiger partial charge on any atom is 0.234 e. The standard InChI is InChI=1S/C25H33N3O3/c1-4-19-9-11-20(12-10-19)18(2)26-24(29)17-28-15-13-21(14-16-28)25(30)27-22-7-5-6-8-23(22)31-3/h5-12,18,21H,4,13-17H2,1-3H3,(H,26,29)(H,27,30). The number of likely N-dealkylation sites (tertiary alicyclic amines) is 1. The van der Waals surface area contributed by atoms with E-state index in [2.05, 4.69) is 46.7 Å². The normalized spacial score (nSPS) is 15.8. The number of rotatable bonds is 8. The molecule has 0 aromatic heterocycles. The Labute approximate surface area is 185 Å². The molecule has 0 radical (unpaired) electrons. The van der Waals surface area contributed by atoms with Crippen molar-refractivity contribution < 1.29 is 14.3 Å². The lowest BCUT2D eigenvalue weighted by Crippen LogP contribution is -2.43. The Morgan fingerprint density at radius 3 is 2.42 bits per heavy atom.